The average molecular weight is 266 g/mol. The molecule has 0 aliphatic rings. The van der Waals surface area contributed by atoms with Crippen LogP contribution >= 0.6 is 22.9 Å². The van der Waals surface area contributed by atoms with Crippen molar-refractivity contribution in [2.75, 3.05) is 6.54 Å². The largest absolute Gasteiger partial charge is 0.306 e. The minimum Gasteiger partial charge on any atom is -0.306 e. The van der Waals surface area contributed by atoms with Gasteiger partial charge in [0.2, 0.25) is 0 Å². The van der Waals surface area contributed by atoms with Crippen molar-refractivity contribution >= 4 is 22.9 Å². The molecule has 0 radical (unpaired) electrons. The van der Waals surface area contributed by atoms with Crippen LogP contribution in [0.15, 0.2) is 35.7 Å². The third kappa shape index (κ3) is 2.89. The highest BCUT2D eigenvalue weighted by Gasteiger charge is 2.16. The van der Waals surface area contributed by atoms with E-state index in [1.165, 1.54) is 10.4 Å². The van der Waals surface area contributed by atoms with Gasteiger partial charge in [0.1, 0.15) is 0 Å². The normalized spacial score (nSPS) is 12.6. The summed E-state index contributed by atoms with van der Waals surface area (Å²) in [4.78, 5) is 1.30. The van der Waals surface area contributed by atoms with Crippen LogP contribution in [0.1, 0.15) is 29.0 Å². The first-order chi connectivity index (χ1) is 8.22. The van der Waals surface area contributed by atoms with E-state index in [2.05, 4.69) is 48.8 Å². The van der Waals surface area contributed by atoms with Crippen LogP contribution in [0.25, 0.3) is 0 Å². The fourth-order valence-corrected chi connectivity index (χ4v) is 3.05. The molecule has 0 aliphatic carbocycles. The lowest BCUT2D eigenvalue weighted by Crippen LogP contribution is -2.21. The fraction of sp³-hybridized carbons (Fsp3) is 0.286. The van der Waals surface area contributed by atoms with Crippen LogP contribution in [0.2, 0.25) is 5.02 Å². The molecule has 0 saturated heterocycles. The van der Waals surface area contributed by atoms with Gasteiger partial charge in [-0.3, -0.25) is 0 Å². The van der Waals surface area contributed by atoms with E-state index in [9.17, 15) is 0 Å². The number of aryl methyl sites for hydroxylation is 1. The molecule has 0 saturated carbocycles. The third-order valence-corrected chi connectivity index (χ3v) is 3.97. The van der Waals surface area contributed by atoms with Crippen molar-refractivity contribution in [2.45, 2.75) is 19.9 Å². The lowest BCUT2D eigenvalue weighted by Gasteiger charge is -2.18. The molecule has 0 aliphatic heterocycles. The molecule has 17 heavy (non-hydrogen) atoms. The zero-order chi connectivity index (χ0) is 12.3. The van der Waals surface area contributed by atoms with E-state index < -0.39 is 0 Å². The van der Waals surface area contributed by atoms with Gasteiger partial charge in [0.25, 0.3) is 0 Å². The Balaban J connectivity index is 2.39. The van der Waals surface area contributed by atoms with Gasteiger partial charge in [-0.1, -0.05) is 36.7 Å². The molecule has 1 aromatic carbocycles. The summed E-state index contributed by atoms with van der Waals surface area (Å²) in [5.74, 6) is 0. The maximum atomic E-state index is 6.34. The van der Waals surface area contributed by atoms with Gasteiger partial charge in [-0.15, -0.1) is 11.3 Å². The molecule has 90 valence electrons. The van der Waals surface area contributed by atoms with Gasteiger partial charge >= 0.3 is 0 Å². The fourth-order valence-electron chi connectivity index (χ4n) is 1.89. The molecule has 2 aromatic rings. The molecule has 0 amide bonds. The van der Waals surface area contributed by atoms with Crippen LogP contribution in [0.4, 0.5) is 0 Å². The molecule has 1 aromatic heterocycles. The Kier molecular flexibility index (Phi) is 4.21. The number of thiophene rings is 1. The molecule has 1 heterocycles. The van der Waals surface area contributed by atoms with E-state index in [0.29, 0.717) is 0 Å². The molecule has 0 spiro atoms. The van der Waals surface area contributed by atoms with Crippen molar-refractivity contribution in [3.8, 4) is 0 Å². The second-order valence-electron chi connectivity index (χ2n) is 4.03. The van der Waals surface area contributed by atoms with E-state index in [4.69, 9.17) is 11.6 Å². The molecule has 2 rings (SSSR count). The Morgan fingerprint density at radius 3 is 2.76 bits per heavy atom. The van der Waals surface area contributed by atoms with Crippen LogP contribution in [0.3, 0.4) is 0 Å². The second-order valence-corrected chi connectivity index (χ2v) is 5.42. The van der Waals surface area contributed by atoms with E-state index in [1.54, 1.807) is 11.3 Å². The molecular formula is C14H16ClNS. The number of hydrogen-bond acceptors (Lipinski definition) is 2. The first-order valence-corrected chi connectivity index (χ1v) is 7.01. The molecule has 1 atom stereocenters. The van der Waals surface area contributed by atoms with Crippen molar-refractivity contribution in [1.29, 1.82) is 0 Å². The van der Waals surface area contributed by atoms with Crippen molar-refractivity contribution in [3.05, 3.63) is 56.7 Å². The summed E-state index contributed by atoms with van der Waals surface area (Å²) in [5, 5.41) is 6.42. The summed E-state index contributed by atoms with van der Waals surface area (Å²) < 4.78 is 0. The highest BCUT2D eigenvalue weighted by Crippen LogP contribution is 2.31. The van der Waals surface area contributed by atoms with E-state index in [-0.39, 0.29) is 6.04 Å². The maximum absolute atomic E-state index is 6.34. The molecule has 1 N–H and O–H groups in total. The van der Waals surface area contributed by atoms with Gasteiger partial charge in [0, 0.05) is 9.90 Å². The molecule has 0 fully saturated rings. The maximum Gasteiger partial charge on any atom is 0.0685 e. The SMILES string of the molecule is CCNC(c1cccs1)c1ccc(C)cc1Cl. The van der Waals surface area contributed by atoms with Crippen LogP contribution in [-0.4, -0.2) is 6.54 Å². The summed E-state index contributed by atoms with van der Waals surface area (Å²) in [6, 6.07) is 10.7. The molecular weight excluding hydrogens is 250 g/mol. The number of hydrogen-bond donors (Lipinski definition) is 1. The number of halogens is 1. The monoisotopic (exact) mass is 265 g/mol. The smallest absolute Gasteiger partial charge is 0.0685 e. The van der Waals surface area contributed by atoms with E-state index in [0.717, 1.165) is 17.1 Å². The van der Waals surface area contributed by atoms with E-state index in [1.807, 2.05) is 6.07 Å². The Morgan fingerprint density at radius 2 is 2.18 bits per heavy atom. The highest BCUT2D eigenvalue weighted by atomic mass is 35.5. The number of rotatable bonds is 4. The highest BCUT2D eigenvalue weighted by molar-refractivity contribution is 7.10. The van der Waals surface area contributed by atoms with Gasteiger partial charge < -0.3 is 5.32 Å². The molecule has 1 unspecified atom stereocenters. The number of benzene rings is 1. The Bertz CT molecular complexity index is 479. The van der Waals surface area contributed by atoms with Crippen LogP contribution in [0, 0.1) is 6.92 Å². The summed E-state index contributed by atoms with van der Waals surface area (Å²) in [6.07, 6.45) is 0. The third-order valence-electron chi connectivity index (χ3n) is 2.70. The van der Waals surface area contributed by atoms with E-state index >= 15 is 0 Å². The lowest BCUT2D eigenvalue weighted by molar-refractivity contribution is 0.640. The predicted molar refractivity (Wildman–Crippen MR) is 76.0 cm³/mol. The minimum absolute atomic E-state index is 0.202. The topological polar surface area (TPSA) is 12.0 Å². The first-order valence-electron chi connectivity index (χ1n) is 5.75. The second kappa shape index (κ2) is 5.67. The van der Waals surface area contributed by atoms with Gasteiger partial charge in [-0.2, -0.15) is 0 Å². The van der Waals surface area contributed by atoms with Gasteiger partial charge in [-0.05, 0) is 42.1 Å². The van der Waals surface area contributed by atoms with Crippen molar-refractivity contribution in [2.24, 2.45) is 0 Å². The van der Waals surface area contributed by atoms with Crippen LogP contribution in [0.5, 0.6) is 0 Å². The first kappa shape index (κ1) is 12.6. The molecule has 3 heteroatoms. The predicted octanol–water partition coefficient (Wildman–Crippen LogP) is 4.41. The summed E-state index contributed by atoms with van der Waals surface area (Å²) >= 11 is 8.10. The van der Waals surface area contributed by atoms with Crippen LogP contribution in [-0.2, 0) is 0 Å². The summed E-state index contributed by atoms with van der Waals surface area (Å²) in [5.41, 5.74) is 2.35. The van der Waals surface area contributed by atoms with Gasteiger partial charge in [0.15, 0.2) is 0 Å². The zero-order valence-corrected chi connectivity index (χ0v) is 11.6. The zero-order valence-electron chi connectivity index (χ0n) is 10.0. The van der Waals surface area contributed by atoms with Crippen molar-refractivity contribution in [3.63, 3.8) is 0 Å². The quantitative estimate of drug-likeness (QED) is 0.864. The van der Waals surface area contributed by atoms with Crippen molar-refractivity contribution < 1.29 is 0 Å². The average Bonchev–Trinajstić information content (AvgIpc) is 2.80. The Hall–Kier alpha value is -0.830. The molecule has 0 bridgehead atoms. The molecule has 1 nitrogen and oxygen atoms in total. The minimum atomic E-state index is 0.202. The number of nitrogens with one attached hydrogen (secondary N) is 1. The van der Waals surface area contributed by atoms with Gasteiger partial charge in [-0.25, -0.2) is 0 Å². The lowest BCUT2D eigenvalue weighted by atomic mass is 10.0. The van der Waals surface area contributed by atoms with Gasteiger partial charge in [0.05, 0.1) is 6.04 Å². The standard InChI is InChI=1S/C14H16ClNS/c1-3-16-14(13-5-4-8-17-13)11-7-6-10(2)9-12(11)15/h4-9,14,16H,3H2,1-2H3. The van der Waals surface area contributed by atoms with Crippen molar-refractivity contribution in [1.82, 2.24) is 5.32 Å². The Morgan fingerprint density at radius 1 is 1.35 bits per heavy atom. The summed E-state index contributed by atoms with van der Waals surface area (Å²) in [6.45, 7) is 5.10. The van der Waals surface area contributed by atoms with Crippen LogP contribution < -0.4 is 5.32 Å². The Labute approximate surface area is 111 Å². The summed E-state index contributed by atoms with van der Waals surface area (Å²) in [7, 11) is 0.